The Morgan fingerprint density at radius 3 is 2.96 bits per heavy atom. The van der Waals surface area contributed by atoms with Gasteiger partial charge >= 0.3 is 0 Å². The molecule has 0 spiro atoms. The number of H-pyrrole nitrogens is 1. The fourth-order valence-electron chi connectivity index (χ4n) is 3.96. The Balaban J connectivity index is 1.38. The van der Waals surface area contributed by atoms with Gasteiger partial charge in [0.05, 0.1) is 5.92 Å². The van der Waals surface area contributed by atoms with Crippen molar-refractivity contribution < 1.29 is 9.59 Å². The van der Waals surface area contributed by atoms with E-state index < -0.39 is 0 Å². The normalized spacial score (nSPS) is 22.8. The predicted molar refractivity (Wildman–Crippen MR) is 103 cm³/mol. The fraction of sp³-hybridized carbons (Fsp3) is 0.421. The van der Waals surface area contributed by atoms with Crippen molar-refractivity contribution in [3.63, 3.8) is 0 Å². The summed E-state index contributed by atoms with van der Waals surface area (Å²) in [7, 11) is 0. The van der Waals surface area contributed by atoms with Crippen LogP contribution >= 0.6 is 12.2 Å². The number of aromatic nitrogens is 1. The molecule has 1 aromatic heterocycles. The lowest BCUT2D eigenvalue weighted by Crippen LogP contribution is -2.65. The number of fused-ring (bicyclic) bond motifs is 2. The highest BCUT2D eigenvalue weighted by atomic mass is 32.1. The molecule has 26 heavy (non-hydrogen) atoms. The highest BCUT2D eigenvalue weighted by Crippen LogP contribution is 2.28. The van der Waals surface area contributed by atoms with E-state index in [1.54, 1.807) is 0 Å². The molecule has 2 fully saturated rings. The van der Waals surface area contributed by atoms with Gasteiger partial charge in [0.15, 0.2) is 5.11 Å². The van der Waals surface area contributed by atoms with E-state index >= 15 is 0 Å². The number of carbonyl (C=O) groups excluding carboxylic acids is 2. The number of thiocarbonyl (C=S) groups is 1. The van der Waals surface area contributed by atoms with Crippen molar-refractivity contribution in [3.8, 4) is 0 Å². The van der Waals surface area contributed by atoms with Crippen LogP contribution in [-0.4, -0.2) is 33.0 Å². The Labute approximate surface area is 157 Å². The quantitative estimate of drug-likeness (QED) is 0.723. The molecule has 4 rings (SSSR count). The summed E-state index contributed by atoms with van der Waals surface area (Å²) in [5, 5.41) is 5.88. The molecule has 6 nitrogen and oxygen atoms in total. The van der Waals surface area contributed by atoms with Gasteiger partial charge in [-0.2, -0.15) is 5.01 Å². The van der Waals surface area contributed by atoms with Crippen LogP contribution in [0.25, 0.3) is 10.9 Å². The van der Waals surface area contributed by atoms with Gasteiger partial charge < -0.3 is 10.3 Å². The Morgan fingerprint density at radius 1 is 1.27 bits per heavy atom. The average molecular weight is 370 g/mol. The first-order valence-corrected chi connectivity index (χ1v) is 9.53. The number of amides is 2. The molecule has 2 aromatic rings. The molecule has 1 saturated heterocycles. The first-order valence-electron chi connectivity index (χ1n) is 9.12. The number of para-hydroxylation sites is 1. The molecule has 2 heterocycles. The third-order valence-corrected chi connectivity index (χ3v) is 5.65. The second-order valence-electron chi connectivity index (χ2n) is 7.02. The largest absolute Gasteiger partial charge is 0.361 e. The maximum Gasteiger partial charge on any atom is 0.252 e. The number of aromatic amines is 1. The molecule has 7 heteroatoms. The summed E-state index contributed by atoms with van der Waals surface area (Å²) in [4.78, 5) is 28.3. The van der Waals surface area contributed by atoms with E-state index in [2.05, 4.69) is 15.7 Å². The lowest BCUT2D eigenvalue weighted by molar-refractivity contribution is -0.142. The number of hydrogen-bond acceptors (Lipinski definition) is 3. The van der Waals surface area contributed by atoms with Crippen molar-refractivity contribution >= 4 is 40.0 Å². The lowest BCUT2D eigenvalue weighted by atomic mass is 9.83. The van der Waals surface area contributed by atoms with Crippen LogP contribution in [0, 0.1) is 5.92 Å². The van der Waals surface area contributed by atoms with E-state index in [-0.39, 0.29) is 23.8 Å². The number of hydrogen-bond donors (Lipinski definition) is 3. The van der Waals surface area contributed by atoms with Crippen molar-refractivity contribution in [3.05, 3.63) is 36.0 Å². The maximum absolute atomic E-state index is 12.7. The van der Waals surface area contributed by atoms with E-state index in [1.165, 1.54) is 5.01 Å². The molecular weight excluding hydrogens is 348 g/mol. The van der Waals surface area contributed by atoms with Gasteiger partial charge in [-0.05, 0) is 43.1 Å². The van der Waals surface area contributed by atoms with Gasteiger partial charge in [-0.15, -0.1) is 0 Å². The minimum atomic E-state index is -0.206. The Bertz CT molecular complexity index is 862. The van der Waals surface area contributed by atoms with Crippen LogP contribution in [-0.2, 0) is 16.0 Å². The van der Waals surface area contributed by atoms with E-state index in [0.717, 1.165) is 42.1 Å². The molecule has 1 aliphatic heterocycles. The standard InChI is InChI=1S/C19H22N4O2S/c24-17(10-9-12-11-20-15-7-3-1-5-13(12)15)22-23-18(25)14-6-2-4-8-16(14)21-19(23)26/h1,3,5,7,11,14,16,20H,2,4,6,8-10H2,(H,21,26)(H,22,24). The van der Waals surface area contributed by atoms with Crippen LogP contribution in [0.5, 0.6) is 0 Å². The van der Waals surface area contributed by atoms with Crippen LogP contribution in [0.3, 0.4) is 0 Å². The molecule has 1 saturated carbocycles. The van der Waals surface area contributed by atoms with Gasteiger partial charge in [-0.25, -0.2) is 0 Å². The van der Waals surface area contributed by atoms with Crippen LogP contribution in [0.4, 0.5) is 0 Å². The molecule has 2 unspecified atom stereocenters. The zero-order valence-corrected chi connectivity index (χ0v) is 15.3. The summed E-state index contributed by atoms with van der Waals surface area (Å²) in [6.07, 6.45) is 6.79. The third kappa shape index (κ3) is 3.19. The lowest BCUT2D eigenvalue weighted by Gasteiger charge is -2.41. The molecular formula is C19H22N4O2S. The summed E-state index contributed by atoms with van der Waals surface area (Å²) < 4.78 is 0. The van der Waals surface area contributed by atoms with Gasteiger partial charge in [-0.1, -0.05) is 31.0 Å². The van der Waals surface area contributed by atoms with Crippen molar-refractivity contribution in [1.82, 2.24) is 20.7 Å². The first-order chi connectivity index (χ1) is 12.6. The number of aryl methyl sites for hydroxylation is 1. The van der Waals surface area contributed by atoms with E-state index in [9.17, 15) is 9.59 Å². The highest BCUT2D eigenvalue weighted by Gasteiger charge is 2.41. The second-order valence-corrected chi connectivity index (χ2v) is 7.40. The van der Waals surface area contributed by atoms with Crippen LogP contribution in [0.2, 0.25) is 0 Å². The molecule has 2 aliphatic rings. The average Bonchev–Trinajstić information content (AvgIpc) is 3.07. The summed E-state index contributed by atoms with van der Waals surface area (Å²) in [6, 6.07) is 8.12. The first kappa shape index (κ1) is 17.0. The SMILES string of the molecule is O=C(CCc1c[nH]c2ccccc12)NN1C(=O)C2CCCCC2NC1=S. The molecule has 0 bridgehead atoms. The zero-order valence-electron chi connectivity index (χ0n) is 14.5. The van der Waals surface area contributed by atoms with Gasteiger partial charge in [0, 0.05) is 29.6 Å². The number of nitrogens with one attached hydrogen (secondary N) is 3. The Hall–Kier alpha value is -2.41. The van der Waals surface area contributed by atoms with Crippen LogP contribution < -0.4 is 10.7 Å². The molecule has 2 atom stereocenters. The molecule has 0 radical (unpaired) electrons. The summed E-state index contributed by atoms with van der Waals surface area (Å²) in [5.74, 6) is -0.384. The van der Waals surface area contributed by atoms with E-state index in [1.807, 2.05) is 30.5 Å². The van der Waals surface area contributed by atoms with Gasteiger partial charge in [0.2, 0.25) is 5.91 Å². The minimum Gasteiger partial charge on any atom is -0.361 e. The van der Waals surface area contributed by atoms with Gasteiger partial charge in [0.25, 0.3) is 5.91 Å². The van der Waals surface area contributed by atoms with Crippen LogP contribution in [0.1, 0.15) is 37.7 Å². The molecule has 2 amide bonds. The van der Waals surface area contributed by atoms with Crippen molar-refractivity contribution in [2.75, 3.05) is 0 Å². The number of carbonyl (C=O) groups is 2. The van der Waals surface area contributed by atoms with Crippen molar-refractivity contribution in [1.29, 1.82) is 0 Å². The minimum absolute atomic E-state index is 0.0844. The van der Waals surface area contributed by atoms with Crippen molar-refractivity contribution in [2.45, 2.75) is 44.6 Å². The second kappa shape index (κ2) is 7.07. The van der Waals surface area contributed by atoms with Crippen molar-refractivity contribution in [2.24, 2.45) is 5.92 Å². The number of benzene rings is 1. The predicted octanol–water partition coefficient (Wildman–Crippen LogP) is 2.41. The highest BCUT2D eigenvalue weighted by molar-refractivity contribution is 7.80. The van der Waals surface area contributed by atoms with Gasteiger partial charge in [0.1, 0.15) is 0 Å². The van der Waals surface area contributed by atoms with E-state index in [0.29, 0.717) is 18.0 Å². The monoisotopic (exact) mass is 370 g/mol. The summed E-state index contributed by atoms with van der Waals surface area (Å²) >= 11 is 5.29. The summed E-state index contributed by atoms with van der Waals surface area (Å²) in [5.41, 5.74) is 4.84. The Morgan fingerprint density at radius 2 is 2.08 bits per heavy atom. The number of rotatable bonds is 4. The fourth-order valence-corrected chi connectivity index (χ4v) is 4.25. The number of nitrogens with zero attached hydrogens (tertiary/aromatic N) is 1. The third-order valence-electron chi connectivity index (χ3n) is 5.35. The van der Waals surface area contributed by atoms with Gasteiger partial charge in [-0.3, -0.25) is 15.0 Å². The molecule has 136 valence electrons. The molecule has 3 N–H and O–H groups in total. The van der Waals surface area contributed by atoms with E-state index in [4.69, 9.17) is 12.2 Å². The molecule has 1 aromatic carbocycles. The smallest absolute Gasteiger partial charge is 0.252 e. The number of hydrazine groups is 1. The Kier molecular flexibility index (Phi) is 4.63. The summed E-state index contributed by atoms with van der Waals surface area (Å²) in [6.45, 7) is 0. The topological polar surface area (TPSA) is 77.2 Å². The zero-order chi connectivity index (χ0) is 18.1. The van der Waals surface area contributed by atoms with Crippen LogP contribution in [0.15, 0.2) is 30.5 Å². The maximum atomic E-state index is 12.7. The molecule has 1 aliphatic carbocycles.